The summed E-state index contributed by atoms with van der Waals surface area (Å²) in [5, 5.41) is 0. The minimum Gasteiger partial charge on any atom is -0.203 e. The molecular weight excluding hydrogens is 240 g/mol. The summed E-state index contributed by atoms with van der Waals surface area (Å²) in [6.45, 7) is 4.48. The zero-order chi connectivity index (χ0) is 12.7. The van der Waals surface area contributed by atoms with Crippen LogP contribution in [0.25, 0.3) is 0 Å². The van der Waals surface area contributed by atoms with Gasteiger partial charge < -0.3 is 0 Å². The second kappa shape index (κ2) is 4.28. The lowest BCUT2D eigenvalue weighted by Crippen LogP contribution is -2.19. The van der Waals surface area contributed by atoms with Crippen LogP contribution in [0.4, 0.5) is 17.6 Å². The fraction of sp³-hybridized carbons (Fsp3) is 0.455. The largest absolute Gasteiger partial charge is 0.203 e. The summed E-state index contributed by atoms with van der Waals surface area (Å²) in [4.78, 5) is -0.622. The lowest BCUT2D eigenvalue weighted by atomic mass is 9.86. The summed E-state index contributed by atoms with van der Waals surface area (Å²) < 4.78 is 54.0. The summed E-state index contributed by atoms with van der Waals surface area (Å²) >= 11 is 0.640. The molecule has 1 aromatic carbocycles. The van der Waals surface area contributed by atoms with Crippen LogP contribution in [-0.2, 0) is 5.41 Å². The van der Waals surface area contributed by atoms with Gasteiger partial charge in [0.25, 0.3) is 0 Å². The molecule has 0 unspecified atom stereocenters. The predicted octanol–water partition coefficient (Wildman–Crippen LogP) is 4.26. The third-order valence-electron chi connectivity index (χ3n) is 2.18. The average molecular weight is 252 g/mol. The number of hydrogen-bond donors (Lipinski definition) is 0. The minimum atomic E-state index is -1.32. The molecule has 0 aliphatic carbocycles. The fourth-order valence-electron chi connectivity index (χ4n) is 1.45. The molecule has 0 bridgehead atoms. The molecule has 0 aromatic heterocycles. The third kappa shape index (κ3) is 2.05. The molecule has 0 fully saturated rings. The lowest BCUT2D eigenvalue weighted by Gasteiger charge is -2.22. The van der Waals surface area contributed by atoms with Crippen molar-refractivity contribution in [2.75, 3.05) is 6.26 Å². The van der Waals surface area contributed by atoms with Crippen LogP contribution in [0.15, 0.2) is 4.90 Å². The molecule has 16 heavy (non-hydrogen) atoms. The van der Waals surface area contributed by atoms with E-state index in [9.17, 15) is 17.6 Å². The van der Waals surface area contributed by atoms with Gasteiger partial charge in [0.15, 0.2) is 23.3 Å². The molecule has 0 spiro atoms. The Balaban J connectivity index is 3.67. The van der Waals surface area contributed by atoms with Crippen molar-refractivity contribution in [1.29, 1.82) is 0 Å². The maximum Gasteiger partial charge on any atom is 0.175 e. The van der Waals surface area contributed by atoms with Gasteiger partial charge in [-0.05, 0) is 11.7 Å². The predicted molar refractivity (Wildman–Crippen MR) is 56.8 cm³/mol. The van der Waals surface area contributed by atoms with E-state index in [0.29, 0.717) is 11.8 Å². The molecule has 0 aliphatic heterocycles. The summed E-state index contributed by atoms with van der Waals surface area (Å²) in [5.74, 6) is -5.26. The number of hydrogen-bond acceptors (Lipinski definition) is 1. The second-order valence-electron chi connectivity index (χ2n) is 4.41. The Kier molecular flexibility index (Phi) is 3.57. The SMILES string of the molecule is CSc1c(F)c(F)c(C(C)(C)C)c(F)c1F. The molecule has 0 atom stereocenters. The first-order chi connectivity index (χ1) is 7.21. The van der Waals surface area contributed by atoms with Crippen molar-refractivity contribution in [2.45, 2.75) is 31.1 Å². The second-order valence-corrected chi connectivity index (χ2v) is 5.23. The average Bonchev–Trinajstić information content (AvgIpc) is 2.14. The van der Waals surface area contributed by atoms with Crippen LogP contribution in [-0.4, -0.2) is 6.26 Å². The molecule has 0 N–H and O–H groups in total. The van der Waals surface area contributed by atoms with Gasteiger partial charge in [-0.15, -0.1) is 11.8 Å². The molecule has 0 nitrogen and oxygen atoms in total. The highest BCUT2D eigenvalue weighted by Crippen LogP contribution is 2.35. The van der Waals surface area contributed by atoms with Crippen LogP contribution in [0.2, 0.25) is 0 Å². The van der Waals surface area contributed by atoms with Crippen LogP contribution in [0.1, 0.15) is 26.3 Å². The molecule has 0 aliphatic rings. The Morgan fingerprint density at radius 1 is 0.812 bits per heavy atom. The molecule has 90 valence electrons. The number of halogens is 4. The van der Waals surface area contributed by atoms with Gasteiger partial charge in [0.05, 0.1) is 4.90 Å². The molecule has 0 amide bonds. The molecule has 0 radical (unpaired) electrons. The molecular formula is C11H12F4S. The smallest absolute Gasteiger partial charge is 0.175 e. The van der Waals surface area contributed by atoms with E-state index >= 15 is 0 Å². The summed E-state index contributed by atoms with van der Waals surface area (Å²) in [6.07, 6.45) is 1.36. The van der Waals surface area contributed by atoms with E-state index in [2.05, 4.69) is 0 Å². The van der Waals surface area contributed by atoms with Gasteiger partial charge in [-0.2, -0.15) is 0 Å². The van der Waals surface area contributed by atoms with E-state index in [1.54, 1.807) is 0 Å². The van der Waals surface area contributed by atoms with Crippen molar-refractivity contribution in [1.82, 2.24) is 0 Å². The van der Waals surface area contributed by atoms with Gasteiger partial charge in [-0.25, -0.2) is 17.6 Å². The van der Waals surface area contributed by atoms with E-state index in [1.165, 1.54) is 27.0 Å². The van der Waals surface area contributed by atoms with Crippen molar-refractivity contribution in [3.8, 4) is 0 Å². The molecule has 0 heterocycles. The van der Waals surface area contributed by atoms with Crippen molar-refractivity contribution >= 4 is 11.8 Å². The highest BCUT2D eigenvalue weighted by atomic mass is 32.2. The van der Waals surface area contributed by atoms with E-state index in [-0.39, 0.29) is 0 Å². The summed E-state index contributed by atoms with van der Waals surface area (Å²) in [5.41, 5.74) is -1.55. The van der Waals surface area contributed by atoms with E-state index in [0.717, 1.165) is 0 Å². The van der Waals surface area contributed by atoms with E-state index in [4.69, 9.17) is 0 Å². The number of rotatable bonds is 1. The van der Waals surface area contributed by atoms with Crippen LogP contribution >= 0.6 is 11.8 Å². The normalized spacial score (nSPS) is 12.0. The van der Waals surface area contributed by atoms with E-state index < -0.39 is 39.1 Å². The standard InChI is InChI=1S/C11H12F4S/c1-11(2,3)5-6(12)8(14)10(16-4)9(15)7(5)13/h1-4H3. The van der Waals surface area contributed by atoms with Crippen LogP contribution < -0.4 is 0 Å². The lowest BCUT2D eigenvalue weighted by molar-refractivity contribution is 0.385. The Labute approximate surface area is 96.0 Å². The Morgan fingerprint density at radius 3 is 1.44 bits per heavy atom. The Hall–Kier alpha value is -0.710. The van der Waals surface area contributed by atoms with Crippen molar-refractivity contribution in [2.24, 2.45) is 0 Å². The number of benzene rings is 1. The first kappa shape index (κ1) is 13.4. The minimum absolute atomic E-state index is 0.555. The molecule has 1 rings (SSSR count). The van der Waals surface area contributed by atoms with Gasteiger partial charge in [0, 0.05) is 5.56 Å². The summed E-state index contributed by atoms with van der Waals surface area (Å²) in [6, 6.07) is 0. The summed E-state index contributed by atoms with van der Waals surface area (Å²) in [7, 11) is 0. The van der Waals surface area contributed by atoms with Crippen molar-refractivity contribution in [3.63, 3.8) is 0 Å². The molecule has 0 saturated heterocycles. The maximum atomic E-state index is 13.6. The highest BCUT2D eigenvalue weighted by molar-refractivity contribution is 7.98. The maximum absolute atomic E-state index is 13.6. The van der Waals surface area contributed by atoms with Gasteiger partial charge in [-0.1, -0.05) is 20.8 Å². The Bertz CT molecular complexity index is 392. The van der Waals surface area contributed by atoms with Gasteiger partial charge in [0.2, 0.25) is 0 Å². The van der Waals surface area contributed by atoms with Crippen LogP contribution in [0.3, 0.4) is 0 Å². The van der Waals surface area contributed by atoms with Crippen LogP contribution in [0, 0.1) is 23.3 Å². The monoisotopic (exact) mass is 252 g/mol. The zero-order valence-corrected chi connectivity index (χ0v) is 10.2. The topological polar surface area (TPSA) is 0 Å². The quantitative estimate of drug-likeness (QED) is 0.409. The van der Waals surface area contributed by atoms with Crippen molar-refractivity contribution in [3.05, 3.63) is 28.8 Å². The van der Waals surface area contributed by atoms with Crippen LogP contribution in [0.5, 0.6) is 0 Å². The zero-order valence-electron chi connectivity index (χ0n) is 9.42. The first-order valence-electron chi connectivity index (χ1n) is 4.62. The van der Waals surface area contributed by atoms with Crippen molar-refractivity contribution < 1.29 is 17.6 Å². The third-order valence-corrected chi connectivity index (χ3v) is 2.94. The highest BCUT2D eigenvalue weighted by Gasteiger charge is 2.31. The van der Waals surface area contributed by atoms with Gasteiger partial charge >= 0.3 is 0 Å². The Morgan fingerprint density at radius 2 is 1.19 bits per heavy atom. The molecule has 0 saturated carbocycles. The number of thioether (sulfide) groups is 1. The van der Waals surface area contributed by atoms with E-state index in [1.807, 2.05) is 0 Å². The van der Waals surface area contributed by atoms with Gasteiger partial charge in [-0.3, -0.25) is 0 Å². The molecule has 5 heteroatoms. The van der Waals surface area contributed by atoms with Gasteiger partial charge in [0.1, 0.15) is 0 Å². The fourth-order valence-corrected chi connectivity index (χ4v) is 1.99. The first-order valence-corrected chi connectivity index (χ1v) is 5.84. The molecule has 1 aromatic rings.